The van der Waals surface area contributed by atoms with Crippen LogP contribution in [-0.4, -0.2) is 64.3 Å². The van der Waals surface area contributed by atoms with E-state index in [9.17, 15) is 0 Å². The fourth-order valence-corrected chi connectivity index (χ4v) is 3.81. The van der Waals surface area contributed by atoms with E-state index in [1.54, 1.807) is 7.11 Å². The second kappa shape index (κ2) is 10.7. The van der Waals surface area contributed by atoms with Crippen LogP contribution in [0.5, 0.6) is 0 Å². The fraction of sp³-hybridized carbons (Fsp3) is 0.722. The quantitative estimate of drug-likeness (QED) is 0.557. The van der Waals surface area contributed by atoms with Crippen molar-refractivity contribution in [3.63, 3.8) is 0 Å². The highest BCUT2D eigenvalue weighted by Crippen LogP contribution is 2.19. The number of methoxy groups -OCH3 is 1. The maximum atomic E-state index is 5.16. The number of rotatable bonds is 8. The largest absolute Gasteiger partial charge is 0.383 e. The van der Waals surface area contributed by atoms with Crippen molar-refractivity contribution in [2.75, 3.05) is 53.5 Å². The Morgan fingerprint density at radius 3 is 2.83 bits per heavy atom. The van der Waals surface area contributed by atoms with E-state index in [1.165, 1.54) is 30.8 Å². The summed E-state index contributed by atoms with van der Waals surface area (Å²) in [6, 6.07) is 4.31. The summed E-state index contributed by atoms with van der Waals surface area (Å²) >= 11 is 1.82. The summed E-state index contributed by atoms with van der Waals surface area (Å²) in [6.45, 7) is 8.42. The monoisotopic (exact) mass is 352 g/mol. The van der Waals surface area contributed by atoms with Gasteiger partial charge in [0.05, 0.1) is 6.61 Å². The van der Waals surface area contributed by atoms with Crippen LogP contribution >= 0.6 is 11.3 Å². The molecule has 1 unspecified atom stereocenters. The van der Waals surface area contributed by atoms with Crippen LogP contribution in [0.1, 0.15) is 30.6 Å². The molecule has 0 saturated carbocycles. The minimum Gasteiger partial charge on any atom is -0.383 e. The number of nitrogens with zero attached hydrogens (tertiary/aromatic N) is 2. The Labute approximate surface area is 150 Å². The lowest BCUT2D eigenvalue weighted by Gasteiger charge is -2.32. The Morgan fingerprint density at radius 1 is 1.42 bits per heavy atom. The highest BCUT2D eigenvalue weighted by Gasteiger charge is 2.19. The Hall–Kier alpha value is -1.11. The summed E-state index contributed by atoms with van der Waals surface area (Å²) in [4.78, 5) is 8.27. The molecule has 1 saturated heterocycles. The Morgan fingerprint density at radius 2 is 2.21 bits per heavy atom. The zero-order valence-electron chi connectivity index (χ0n) is 15.3. The number of aliphatic imine (C=N–C) groups is 1. The molecule has 136 valence electrons. The summed E-state index contributed by atoms with van der Waals surface area (Å²) in [5.74, 6) is 2.16. The number of hydrogen-bond acceptors (Lipinski definition) is 4. The molecule has 0 aromatic carbocycles. The van der Waals surface area contributed by atoms with E-state index in [2.05, 4.69) is 45.0 Å². The molecule has 2 N–H and O–H groups in total. The molecule has 0 spiro atoms. The lowest BCUT2D eigenvalue weighted by molar-refractivity contribution is 0.121. The number of likely N-dealkylation sites (tertiary alicyclic amines) is 1. The van der Waals surface area contributed by atoms with Gasteiger partial charge in [-0.05, 0) is 43.3 Å². The Kier molecular flexibility index (Phi) is 8.56. The van der Waals surface area contributed by atoms with E-state index in [4.69, 9.17) is 4.74 Å². The van der Waals surface area contributed by atoms with Crippen molar-refractivity contribution in [2.24, 2.45) is 10.9 Å². The van der Waals surface area contributed by atoms with Crippen LogP contribution in [0.25, 0.3) is 0 Å². The number of hydrogen-bond donors (Lipinski definition) is 2. The minimum absolute atomic E-state index is 0.507. The molecule has 0 radical (unpaired) electrons. The van der Waals surface area contributed by atoms with E-state index in [0.717, 1.165) is 38.1 Å². The maximum absolute atomic E-state index is 5.16. The first-order valence-electron chi connectivity index (χ1n) is 8.92. The van der Waals surface area contributed by atoms with Gasteiger partial charge in [-0.2, -0.15) is 0 Å². The third kappa shape index (κ3) is 6.42. The van der Waals surface area contributed by atoms with Gasteiger partial charge in [0.25, 0.3) is 0 Å². The predicted molar refractivity (Wildman–Crippen MR) is 103 cm³/mol. The van der Waals surface area contributed by atoms with Crippen LogP contribution in [0.15, 0.2) is 22.5 Å². The van der Waals surface area contributed by atoms with Crippen LogP contribution < -0.4 is 10.6 Å². The van der Waals surface area contributed by atoms with E-state index >= 15 is 0 Å². The highest BCUT2D eigenvalue weighted by atomic mass is 32.1. The molecule has 0 aliphatic carbocycles. The van der Waals surface area contributed by atoms with E-state index < -0.39 is 0 Å². The molecular weight excluding hydrogens is 320 g/mol. The fourth-order valence-electron chi connectivity index (χ4n) is 3.02. The minimum atomic E-state index is 0.507. The van der Waals surface area contributed by atoms with Crippen LogP contribution in [0.4, 0.5) is 0 Å². The Balaban J connectivity index is 1.63. The van der Waals surface area contributed by atoms with Crippen molar-refractivity contribution in [2.45, 2.75) is 25.7 Å². The van der Waals surface area contributed by atoms with Crippen LogP contribution in [0.3, 0.4) is 0 Å². The van der Waals surface area contributed by atoms with Gasteiger partial charge in [0.1, 0.15) is 0 Å². The molecule has 1 aromatic rings. The number of piperidine rings is 1. The topological polar surface area (TPSA) is 48.9 Å². The first-order chi connectivity index (χ1) is 11.7. The molecule has 2 heterocycles. The molecule has 1 atom stereocenters. The van der Waals surface area contributed by atoms with Crippen molar-refractivity contribution in [1.29, 1.82) is 0 Å². The summed E-state index contributed by atoms with van der Waals surface area (Å²) in [7, 11) is 3.62. The van der Waals surface area contributed by atoms with Crippen molar-refractivity contribution in [3.05, 3.63) is 22.4 Å². The first kappa shape index (κ1) is 19.2. The van der Waals surface area contributed by atoms with Gasteiger partial charge in [-0.3, -0.25) is 4.99 Å². The first-order valence-corrected chi connectivity index (χ1v) is 9.80. The molecule has 5 nitrogen and oxygen atoms in total. The van der Waals surface area contributed by atoms with Gasteiger partial charge >= 0.3 is 0 Å². The molecule has 1 aromatic heterocycles. The lowest BCUT2D eigenvalue weighted by atomic mass is 9.97. The molecule has 0 amide bonds. The Bertz CT molecular complexity index is 469. The van der Waals surface area contributed by atoms with E-state index in [0.29, 0.717) is 5.92 Å². The summed E-state index contributed by atoms with van der Waals surface area (Å²) in [5.41, 5.74) is 0. The maximum Gasteiger partial charge on any atom is 0.191 e. The van der Waals surface area contributed by atoms with E-state index in [-0.39, 0.29) is 0 Å². The number of guanidine groups is 1. The average molecular weight is 353 g/mol. The van der Waals surface area contributed by atoms with Gasteiger partial charge < -0.3 is 20.3 Å². The van der Waals surface area contributed by atoms with Gasteiger partial charge in [-0.25, -0.2) is 0 Å². The van der Waals surface area contributed by atoms with Crippen molar-refractivity contribution in [1.82, 2.24) is 15.5 Å². The van der Waals surface area contributed by atoms with E-state index in [1.807, 2.05) is 18.4 Å². The SMILES string of the molecule is CN=C(NCC1CCN(CCOC)CC1)NCC(C)c1cccs1. The third-order valence-electron chi connectivity index (χ3n) is 4.71. The molecule has 1 aliphatic heterocycles. The predicted octanol–water partition coefficient (Wildman–Crippen LogP) is 2.38. The number of ether oxygens (including phenoxy) is 1. The molecule has 1 fully saturated rings. The lowest BCUT2D eigenvalue weighted by Crippen LogP contribution is -2.44. The molecule has 1 aliphatic rings. The molecular formula is C18H32N4OS. The van der Waals surface area contributed by atoms with Gasteiger partial charge in [-0.15, -0.1) is 11.3 Å². The van der Waals surface area contributed by atoms with Crippen molar-refractivity contribution < 1.29 is 4.74 Å². The van der Waals surface area contributed by atoms with Gasteiger partial charge in [0.15, 0.2) is 5.96 Å². The normalized spacial score (nSPS) is 18.5. The molecule has 0 bridgehead atoms. The smallest absolute Gasteiger partial charge is 0.191 e. The van der Waals surface area contributed by atoms with Crippen LogP contribution in [-0.2, 0) is 4.74 Å². The number of thiophene rings is 1. The van der Waals surface area contributed by atoms with Gasteiger partial charge in [0.2, 0.25) is 0 Å². The second-order valence-corrected chi connectivity index (χ2v) is 7.51. The third-order valence-corrected chi connectivity index (χ3v) is 5.81. The molecule has 24 heavy (non-hydrogen) atoms. The summed E-state index contributed by atoms with van der Waals surface area (Å²) < 4.78 is 5.16. The van der Waals surface area contributed by atoms with Gasteiger partial charge in [0, 0.05) is 44.6 Å². The summed E-state index contributed by atoms with van der Waals surface area (Å²) in [6.07, 6.45) is 2.50. The van der Waals surface area contributed by atoms with Crippen molar-refractivity contribution >= 4 is 17.3 Å². The van der Waals surface area contributed by atoms with Gasteiger partial charge in [-0.1, -0.05) is 13.0 Å². The second-order valence-electron chi connectivity index (χ2n) is 6.53. The molecule has 2 rings (SSSR count). The van der Waals surface area contributed by atoms with Crippen LogP contribution in [0, 0.1) is 5.92 Å². The average Bonchev–Trinajstić information content (AvgIpc) is 3.15. The highest BCUT2D eigenvalue weighted by molar-refractivity contribution is 7.10. The van der Waals surface area contributed by atoms with Crippen molar-refractivity contribution in [3.8, 4) is 0 Å². The standard InChI is InChI=1S/C18H32N4OS/c1-15(17-5-4-12-24-17)13-20-18(19-2)21-14-16-6-8-22(9-7-16)10-11-23-3/h4-5,12,15-16H,6-11,13-14H2,1-3H3,(H2,19,20,21). The van der Waals surface area contributed by atoms with Crippen LogP contribution in [0.2, 0.25) is 0 Å². The number of nitrogens with one attached hydrogen (secondary N) is 2. The zero-order chi connectivity index (χ0) is 17.2. The molecule has 6 heteroatoms. The zero-order valence-corrected chi connectivity index (χ0v) is 16.1. The summed E-state index contributed by atoms with van der Waals surface area (Å²) in [5, 5.41) is 9.09.